The largest absolute Gasteiger partial charge is 0.383 e. The van der Waals surface area contributed by atoms with Gasteiger partial charge in [0.25, 0.3) is 0 Å². The molecule has 2 N–H and O–H groups in total. The van der Waals surface area contributed by atoms with E-state index < -0.39 is 0 Å². The first kappa shape index (κ1) is 13.2. The zero-order chi connectivity index (χ0) is 14.4. The van der Waals surface area contributed by atoms with Gasteiger partial charge >= 0.3 is 0 Å². The summed E-state index contributed by atoms with van der Waals surface area (Å²) in [5.41, 5.74) is 8.30. The van der Waals surface area contributed by atoms with E-state index in [1.807, 2.05) is 12.5 Å². The van der Waals surface area contributed by atoms with Crippen molar-refractivity contribution < 1.29 is 0 Å². The fourth-order valence-electron chi connectivity index (χ4n) is 2.68. The Labute approximate surface area is 119 Å². The van der Waals surface area contributed by atoms with E-state index >= 15 is 0 Å². The first-order chi connectivity index (χ1) is 9.50. The van der Waals surface area contributed by atoms with Crippen LogP contribution < -0.4 is 5.73 Å². The highest BCUT2D eigenvalue weighted by molar-refractivity contribution is 5.68. The molecule has 0 bridgehead atoms. The van der Waals surface area contributed by atoms with Gasteiger partial charge in [0.15, 0.2) is 0 Å². The molecular weight excluding hydrogens is 250 g/mol. The second kappa shape index (κ2) is 4.65. The summed E-state index contributed by atoms with van der Waals surface area (Å²) in [6.45, 7) is 8.62. The lowest BCUT2D eigenvalue weighted by atomic mass is 10.2. The van der Waals surface area contributed by atoms with Gasteiger partial charge in [0.2, 0.25) is 0 Å². The van der Waals surface area contributed by atoms with E-state index in [9.17, 15) is 0 Å². The van der Waals surface area contributed by atoms with E-state index in [0.717, 1.165) is 23.0 Å². The summed E-state index contributed by atoms with van der Waals surface area (Å²) in [6, 6.07) is 0.893. The Morgan fingerprint density at radius 1 is 1.25 bits per heavy atom. The minimum Gasteiger partial charge on any atom is -0.383 e. The highest BCUT2D eigenvalue weighted by Gasteiger charge is 2.31. The van der Waals surface area contributed by atoms with E-state index in [1.165, 1.54) is 12.8 Å². The van der Waals surface area contributed by atoms with E-state index in [4.69, 9.17) is 10.7 Å². The van der Waals surface area contributed by atoms with E-state index in [2.05, 4.69) is 41.8 Å². The third-order valence-electron chi connectivity index (χ3n) is 3.87. The summed E-state index contributed by atoms with van der Waals surface area (Å²) in [7, 11) is 0. The zero-order valence-corrected chi connectivity index (χ0v) is 12.7. The van der Waals surface area contributed by atoms with Gasteiger partial charge in [-0.2, -0.15) is 0 Å². The number of hydrogen-bond acceptors (Lipinski definition) is 3. The first-order valence-corrected chi connectivity index (χ1v) is 7.40. The molecule has 1 aliphatic rings. The van der Waals surface area contributed by atoms with Crippen LogP contribution >= 0.6 is 0 Å². The molecule has 0 spiro atoms. The van der Waals surface area contributed by atoms with Gasteiger partial charge in [-0.15, -0.1) is 0 Å². The molecule has 108 valence electrons. The monoisotopic (exact) mass is 273 g/mol. The minimum absolute atomic E-state index is 0.348. The molecule has 0 saturated heterocycles. The van der Waals surface area contributed by atoms with Gasteiger partial charge in [0, 0.05) is 18.0 Å². The highest BCUT2D eigenvalue weighted by Crippen LogP contribution is 2.42. The van der Waals surface area contributed by atoms with Crippen LogP contribution in [-0.2, 0) is 0 Å². The van der Waals surface area contributed by atoms with E-state index in [0.29, 0.717) is 18.0 Å². The molecule has 0 radical (unpaired) electrons. The van der Waals surface area contributed by atoms with Crippen LogP contribution in [0.2, 0.25) is 0 Å². The van der Waals surface area contributed by atoms with Crippen LogP contribution in [0.5, 0.6) is 0 Å². The van der Waals surface area contributed by atoms with Crippen molar-refractivity contribution in [3.05, 3.63) is 18.3 Å². The number of anilines is 1. The van der Waals surface area contributed by atoms with Gasteiger partial charge < -0.3 is 14.9 Å². The molecular formula is C15H23N5. The van der Waals surface area contributed by atoms with Gasteiger partial charge in [0.1, 0.15) is 17.3 Å². The van der Waals surface area contributed by atoms with Gasteiger partial charge in [-0.25, -0.2) is 9.97 Å². The predicted molar refractivity (Wildman–Crippen MR) is 80.6 cm³/mol. The molecule has 0 amide bonds. The van der Waals surface area contributed by atoms with Gasteiger partial charge in [0.05, 0.1) is 18.2 Å². The molecule has 0 atom stereocenters. The fraction of sp³-hybridized carbons (Fsp3) is 0.600. The molecule has 1 aliphatic carbocycles. The second-order valence-electron chi connectivity index (χ2n) is 6.24. The number of aromatic nitrogens is 4. The molecule has 2 aromatic heterocycles. The van der Waals surface area contributed by atoms with Crippen molar-refractivity contribution in [1.29, 1.82) is 0 Å². The Hall–Kier alpha value is -1.78. The van der Waals surface area contributed by atoms with Gasteiger partial charge in [-0.3, -0.25) is 0 Å². The van der Waals surface area contributed by atoms with Crippen LogP contribution in [0.3, 0.4) is 0 Å². The predicted octanol–water partition coefficient (Wildman–Crippen LogP) is 3.37. The molecule has 5 heteroatoms. The summed E-state index contributed by atoms with van der Waals surface area (Å²) in [6.07, 6.45) is 6.14. The number of nitrogens with two attached hydrogens (primary N) is 1. The number of nitrogens with zero attached hydrogens (tertiary/aromatic N) is 4. The first-order valence-electron chi connectivity index (χ1n) is 7.40. The minimum atomic E-state index is 0.348. The van der Waals surface area contributed by atoms with E-state index in [-0.39, 0.29) is 0 Å². The lowest BCUT2D eigenvalue weighted by molar-refractivity contribution is 0.604. The van der Waals surface area contributed by atoms with Crippen molar-refractivity contribution >= 4 is 5.82 Å². The maximum absolute atomic E-state index is 6.40. The van der Waals surface area contributed by atoms with Crippen molar-refractivity contribution in [2.45, 2.75) is 58.5 Å². The fourth-order valence-corrected chi connectivity index (χ4v) is 2.68. The number of nitrogen functional groups attached to an aromatic ring is 1. The molecule has 0 aliphatic heterocycles. The van der Waals surface area contributed by atoms with Crippen LogP contribution in [-0.4, -0.2) is 19.1 Å². The molecule has 5 nitrogen and oxygen atoms in total. The SMILES string of the molecule is CC(C)c1nc(-c2cncn2C(C)C)c(N)n1C1CC1. The Balaban J connectivity index is 2.14. The van der Waals surface area contributed by atoms with Crippen molar-refractivity contribution in [3.8, 4) is 11.4 Å². The normalized spacial score (nSPS) is 15.5. The van der Waals surface area contributed by atoms with E-state index in [1.54, 1.807) is 0 Å². The number of rotatable bonds is 4. The third-order valence-corrected chi connectivity index (χ3v) is 3.87. The van der Waals surface area contributed by atoms with Crippen LogP contribution in [0, 0.1) is 0 Å². The standard InChI is InChI=1S/C15H23N5/c1-9(2)15-18-13(14(16)20(15)11-5-6-11)12-7-17-8-19(12)10(3)4/h7-11H,5-6,16H2,1-4H3. The lowest BCUT2D eigenvalue weighted by Crippen LogP contribution is -2.07. The molecule has 2 aromatic rings. The Morgan fingerprint density at radius 3 is 2.50 bits per heavy atom. The summed E-state index contributed by atoms with van der Waals surface area (Å²) < 4.78 is 4.36. The summed E-state index contributed by atoms with van der Waals surface area (Å²) >= 11 is 0. The van der Waals surface area contributed by atoms with Crippen molar-refractivity contribution in [2.75, 3.05) is 5.73 Å². The second-order valence-corrected chi connectivity index (χ2v) is 6.24. The van der Waals surface area contributed by atoms with Crippen LogP contribution in [0.15, 0.2) is 12.5 Å². The topological polar surface area (TPSA) is 61.7 Å². The summed E-state index contributed by atoms with van der Waals surface area (Å²) in [5.74, 6) is 2.26. The Morgan fingerprint density at radius 2 is 1.95 bits per heavy atom. The van der Waals surface area contributed by atoms with Crippen molar-refractivity contribution in [3.63, 3.8) is 0 Å². The van der Waals surface area contributed by atoms with Gasteiger partial charge in [-0.1, -0.05) is 13.8 Å². The maximum Gasteiger partial charge on any atom is 0.133 e. The highest BCUT2D eigenvalue weighted by atomic mass is 15.2. The quantitative estimate of drug-likeness (QED) is 0.929. The average molecular weight is 273 g/mol. The molecule has 0 aromatic carbocycles. The average Bonchev–Trinajstić information content (AvgIpc) is 2.98. The van der Waals surface area contributed by atoms with Crippen molar-refractivity contribution in [2.24, 2.45) is 0 Å². The molecule has 0 unspecified atom stereocenters. The Kier molecular flexibility index (Phi) is 3.07. The lowest BCUT2D eigenvalue weighted by Gasteiger charge is -2.11. The maximum atomic E-state index is 6.40. The summed E-state index contributed by atoms with van der Waals surface area (Å²) in [5, 5.41) is 0. The summed E-state index contributed by atoms with van der Waals surface area (Å²) in [4.78, 5) is 9.10. The zero-order valence-electron chi connectivity index (χ0n) is 12.7. The van der Waals surface area contributed by atoms with Gasteiger partial charge in [-0.05, 0) is 26.7 Å². The molecule has 20 heavy (non-hydrogen) atoms. The molecule has 1 saturated carbocycles. The molecule has 2 heterocycles. The molecule has 3 rings (SSSR count). The Bertz CT molecular complexity index is 616. The third kappa shape index (κ3) is 2.01. The van der Waals surface area contributed by atoms with Crippen LogP contribution in [0.25, 0.3) is 11.4 Å². The van der Waals surface area contributed by atoms with Crippen LogP contribution in [0.4, 0.5) is 5.82 Å². The number of imidazole rings is 2. The smallest absolute Gasteiger partial charge is 0.133 e. The van der Waals surface area contributed by atoms with Crippen molar-refractivity contribution in [1.82, 2.24) is 19.1 Å². The van der Waals surface area contributed by atoms with Crippen LogP contribution in [0.1, 0.15) is 64.4 Å². The molecule has 1 fully saturated rings. The number of hydrogen-bond donors (Lipinski definition) is 1.